The van der Waals surface area contributed by atoms with Gasteiger partial charge in [-0.2, -0.15) is 0 Å². The summed E-state index contributed by atoms with van der Waals surface area (Å²) in [6.45, 7) is 4.18. The predicted molar refractivity (Wildman–Crippen MR) is 106 cm³/mol. The second-order valence-electron chi connectivity index (χ2n) is 6.42. The van der Waals surface area contributed by atoms with Gasteiger partial charge in [0.05, 0.1) is 5.75 Å². The molecule has 2 aromatic carbocycles. The molecule has 4 rings (SSSR count). The maximum Gasteiger partial charge on any atom is 0.277 e. The Balaban J connectivity index is 1.43. The molecule has 1 aliphatic rings. The van der Waals surface area contributed by atoms with Crippen LogP contribution in [0.15, 0.2) is 58.2 Å². The number of thioether (sulfide) groups is 1. The van der Waals surface area contributed by atoms with E-state index in [4.69, 9.17) is 13.9 Å². The molecule has 0 saturated carbocycles. The van der Waals surface area contributed by atoms with Gasteiger partial charge >= 0.3 is 0 Å². The highest BCUT2D eigenvalue weighted by Crippen LogP contribution is 2.36. The van der Waals surface area contributed by atoms with Crippen molar-refractivity contribution in [2.24, 2.45) is 0 Å². The van der Waals surface area contributed by atoms with Crippen molar-refractivity contribution in [3.8, 4) is 23.0 Å². The molecule has 0 spiro atoms. The van der Waals surface area contributed by atoms with Crippen LogP contribution in [0.5, 0.6) is 11.5 Å². The zero-order valence-electron chi connectivity index (χ0n) is 15.5. The number of ether oxygens (including phenoxy) is 2. The average Bonchev–Trinajstić information content (AvgIpc) is 3.36. The lowest BCUT2D eigenvalue weighted by atomic mass is 10.2. The van der Waals surface area contributed by atoms with Crippen molar-refractivity contribution < 1.29 is 18.7 Å². The minimum Gasteiger partial charge on any atom is -0.454 e. The highest BCUT2D eigenvalue weighted by Gasteiger charge is 2.21. The molecule has 144 valence electrons. The van der Waals surface area contributed by atoms with E-state index in [9.17, 15) is 4.79 Å². The molecule has 1 aromatic heterocycles. The first kappa shape index (κ1) is 18.4. The highest BCUT2D eigenvalue weighted by molar-refractivity contribution is 7.99. The molecule has 0 unspecified atom stereocenters. The van der Waals surface area contributed by atoms with E-state index in [1.165, 1.54) is 11.8 Å². The molecule has 3 aromatic rings. The summed E-state index contributed by atoms with van der Waals surface area (Å²) in [7, 11) is 0. The maximum absolute atomic E-state index is 12.7. The minimum atomic E-state index is -0.0194. The third kappa shape index (κ3) is 3.82. The van der Waals surface area contributed by atoms with Crippen LogP contribution in [0.3, 0.4) is 0 Å². The lowest BCUT2D eigenvalue weighted by molar-refractivity contribution is -0.116. The van der Waals surface area contributed by atoms with E-state index in [0.29, 0.717) is 22.6 Å². The van der Waals surface area contributed by atoms with Gasteiger partial charge in [-0.15, -0.1) is 10.2 Å². The fourth-order valence-corrected chi connectivity index (χ4v) is 3.55. The van der Waals surface area contributed by atoms with Gasteiger partial charge < -0.3 is 18.8 Å². The largest absolute Gasteiger partial charge is 0.454 e. The van der Waals surface area contributed by atoms with Crippen LogP contribution in [0.4, 0.5) is 5.69 Å². The average molecular weight is 397 g/mol. The highest BCUT2D eigenvalue weighted by atomic mass is 32.2. The molecule has 28 heavy (non-hydrogen) atoms. The number of aromatic nitrogens is 2. The number of anilines is 1. The van der Waals surface area contributed by atoms with Crippen molar-refractivity contribution in [3.05, 3.63) is 48.5 Å². The SMILES string of the molecule is CC(C)N(C(=O)CSc1nnc(-c2ccc3c(c2)OCO3)o1)c1ccccc1. The van der Waals surface area contributed by atoms with E-state index in [2.05, 4.69) is 10.2 Å². The monoisotopic (exact) mass is 397 g/mol. The smallest absolute Gasteiger partial charge is 0.277 e. The van der Waals surface area contributed by atoms with E-state index >= 15 is 0 Å². The van der Waals surface area contributed by atoms with E-state index < -0.39 is 0 Å². The zero-order valence-corrected chi connectivity index (χ0v) is 16.3. The fourth-order valence-electron chi connectivity index (χ4n) is 2.93. The van der Waals surface area contributed by atoms with Crippen LogP contribution in [0.1, 0.15) is 13.8 Å². The van der Waals surface area contributed by atoms with Crippen molar-refractivity contribution in [1.29, 1.82) is 0 Å². The van der Waals surface area contributed by atoms with Gasteiger partial charge in [0, 0.05) is 17.3 Å². The van der Waals surface area contributed by atoms with E-state index in [0.717, 1.165) is 11.3 Å². The summed E-state index contributed by atoms with van der Waals surface area (Å²) >= 11 is 1.22. The first-order chi connectivity index (χ1) is 13.6. The predicted octanol–water partition coefficient (Wildman–Crippen LogP) is 4.00. The second kappa shape index (κ2) is 7.93. The Morgan fingerprint density at radius 1 is 1.11 bits per heavy atom. The van der Waals surface area contributed by atoms with E-state index in [-0.39, 0.29) is 24.5 Å². The van der Waals surface area contributed by atoms with E-state index in [1.807, 2.05) is 50.2 Å². The Morgan fingerprint density at radius 2 is 1.89 bits per heavy atom. The Labute approximate surface area is 166 Å². The Hall–Kier alpha value is -3.00. The van der Waals surface area contributed by atoms with Gasteiger partial charge in [-0.1, -0.05) is 30.0 Å². The lowest BCUT2D eigenvalue weighted by Crippen LogP contribution is -2.38. The van der Waals surface area contributed by atoms with Crippen LogP contribution in [-0.4, -0.2) is 34.7 Å². The van der Waals surface area contributed by atoms with Crippen molar-refractivity contribution in [1.82, 2.24) is 10.2 Å². The molecule has 2 heterocycles. The number of hydrogen-bond donors (Lipinski definition) is 0. The number of rotatable bonds is 6. The Morgan fingerprint density at radius 3 is 2.68 bits per heavy atom. The van der Waals surface area contributed by atoms with E-state index in [1.54, 1.807) is 17.0 Å². The molecule has 7 nitrogen and oxygen atoms in total. The zero-order chi connectivity index (χ0) is 19.5. The van der Waals surface area contributed by atoms with Gasteiger partial charge in [-0.3, -0.25) is 4.79 Å². The topological polar surface area (TPSA) is 77.7 Å². The molecule has 1 aliphatic heterocycles. The molecule has 0 N–H and O–H groups in total. The Bertz CT molecular complexity index is 975. The van der Waals surface area contributed by atoms with Crippen molar-refractivity contribution in [2.45, 2.75) is 25.1 Å². The molecule has 0 radical (unpaired) electrons. The molecule has 0 atom stereocenters. The summed E-state index contributed by atoms with van der Waals surface area (Å²) in [5.41, 5.74) is 1.61. The number of carbonyl (C=O) groups is 1. The van der Waals surface area contributed by atoms with Crippen LogP contribution in [0, 0.1) is 0 Å². The molecular formula is C20H19N3O4S. The quantitative estimate of drug-likeness (QED) is 0.582. The first-order valence-electron chi connectivity index (χ1n) is 8.85. The van der Waals surface area contributed by atoms with Gasteiger partial charge in [-0.05, 0) is 44.2 Å². The summed E-state index contributed by atoms with van der Waals surface area (Å²) in [6.07, 6.45) is 0. The normalized spacial score (nSPS) is 12.4. The van der Waals surface area contributed by atoms with Gasteiger partial charge in [-0.25, -0.2) is 0 Å². The summed E-state index contributed by atoms with van der Waals surface area (Å²) in [5.74, 6) is 1.90. The summed E-state index contributed by atoms with van der Waals surface area (Å²) in [4.78, 5) is 14.5. The standard InChI is InChI=1S/C20H19N3O4S/c1-13(2)23(15-6-4-3-5-7-15)18(24)11-28-20-22-21-19(27-20)14-8-9-16-17(10-14)26-12-25-16/h3-10,13H,11-12H2,1-2H3. The summed E-state index contributed by atoms with van der Waals surface area (Å²) in [6, 6.07) is 15.1. The van der Waals surface area contributed by atoms with Gasteiger partial charge in [0.2, 0.25) is 18.6 Å². The minimum absolute atomic E-state index is 0.0194. The van der Waals surface area contributed by atoms with Crippen LogP contribution in [0.2, 0.25) is 0 Å². The van der Waals surface area contributed by atoms with Crippen molar-refractivity contribution in [3.63, 3.8) is 0 Å². The van der Waals surface area contributed by atoms with Crippen LogP contribution in [0.25, 0.3) is 11.5 Å². The lowest BCUT2D eigenvalue weighted by Gasteiger charge is -2.26. The third-order valence-electron chi connectivity index (χ3n) is 4.16. The number of benzene rings is 2. The van der Waals surface area contributed by atoms with Crippen LogP contribution < -0.4 is 14.4 Å². The maximum atomic E-state index is 12.7. The second-order valence-corrected chi connectivity index (χ2v) is 7.35. The van der Waals surface area contributed by atoms with Gasteiger partial charge in [0.25, 0.3) is 5.22 Å². The fraction of sp³-hybridized carbons (Fsp3) is 0.250. The van der Waals surface area contributed by atoms with Gasteiger partial charge in [0.15, 0.2) is 11.5 Å². The van der Waals surface area contributed by atoms with Gasteiger partial charge in [0.1, 0.15) is 0 Å². The molecule has 0 bridgehead atoms. The molecule has 0 saturated heterocycles. The Kier molecular flexibility index (Phi) is 5.21. The molecule has 0 fully saturated rings. The summed E-state index contributed by atoms with van der Waals surface area (Å²) < 4.78 is 16.4. The number of para-hydroxylation sites is 1. The first-order valence-corrected chi connectivity index (χ1v) is 9.84. The number of hydrogen-bond acceptors (Lipinski definition) is 7. The number of nitrogens with zero attached hydrogens (tertiary/aromatic N) is 3. The van der Waals surface area contributed by atoms with Crippen molar-refractivity contribution >= 4 is 23.4 Å². The number of amides is 1. The van der Waals surface area contributed by atoms with Crippen LogP contribution in [-0.2, 0) is 4.79 Å². The third-order valence-corrected chi connectivity index (χ3v) is 4.97. The van der Waals surface area contributed by atoms with Crippen LogP contribution >= 0.6 is 11.8 Å². The van der Waals surface area contributed by atoms with Crippen molar-refractivity contribution in [2.75, 3.05) is 17.4 Å². The number of carbonyl (C=O) groups excluding carboxylic acids is 1. The number of fused-ring (bicyclic) bond motifs is 1. The molecular weight excluding hydrogens is 378 g/mol. The molecule has 0 aliphatic carbocycles. The summed E-state index contributed by atoms with van der Waals surface area (Å²) in [5, 5.41) is 8.45. The molecule has 8 heteroatoms. The molecule has 1 amide bonds.